The third kappa shape index (κ3) is 4.67. The highest BCUT2D eigenvalue weighted by Crippen LogP contribution is 2.41. The number of anilines is 1. The van der Waals surface area contributed by atoms with E-state index in [1.165, 1.54) is 20.0 Å². The fraction of sp³-hybridized carbons (Fsp3) is 0.318. The van der Waals surface area contributed by atoms with Gasteiger partial charge < -0.3 is 9.72 Å². The van der Waals surface area contributed by atoms with Crippen LogP contribution in [0.15, 0.2) is 47.1 Å². The van der Waals surface area contributed by atoms with Gasteiger partial charge in [-0.25, -0.2) is 9.78 Å². The number of rotatable bonds is 6. The lowest BCUT2D eigenvalue weighted by atomic mass is 9.97. The van der Waals surface area contributed by atoms with Crippen LogP contribution < -0.4 is 5.32 Å². The minimum absolute atomic E-state index is 0.156. The second-order valence-corrected chi connectivity index (χ2v) is 8.34. The number of carbonyl (C=O) groups is 1. The molecule has 4 rings (SSSR count). The molecule has 0 bridgehead atoms. The summed E-state index contributed by atoms with van der Waals surface area (Å²) in [5.41, 5.74) is 4.65. The maximum absolute atomic E-state index is 11.4. The Hall–Kier alpha value is -2.67. The number of benzene rings is 1. The minimum Gasteiger partial charge on any atom is -0.453 e. The van der Waals surface area contributed by atoms with Gasteiger partial charge in [-0.05, 0) is 59.5 Å². The molecule has 6 nitrogen and oxygen atoms in total. The summed E-state index contributed by atoms with van der Waals surface area (Å²) in [5.74, 6) is 1.86. The molecule has 0 aliphatic heterocycles. The number of ether oxygens (including phenoxy) is 1. The van der Waals surface area contributed by atoms with Crippen molar-refractivity contribution in [3.05, 3.63) is 64.3 Å². The second-order valence-electron chi connectivity index (χ2n) is 7.42. The number of aryl methyl sites for hydroxylation is 1. The van der Waals surface area contributed by atoms with Gasteiger partial charge in [0.1, 0.15) is 5.82 Å². The molecule has 1 aliphatic rings. The molecule has 0 saturated heterocycles. The van der Waals surface area contributed by atoms with E-state index in [0.717, 1.165) is 45.3 Å². The number of methoxy groups -OCH3 is 1. The summed E-state index contributed by atoms with van der Waals surface area (Å²) in [5, 5.41) is 2.66. The number of nitrogens with zero attached hydrogens (tertiary/aromatic N) is 2. The monoisotopic (exact) mass is 454 g/mol. The standard InChI is InChI=1S/C22H23BrN4O2/c1-13-20(15-5-8-17(9-6-15)26-22(28)29-2)27-21(25-13)18(11-14-3-4-14)19-10-7-16(23)12-24-19/h5-10,12,14,18H,3-4,11H2,1-2H3,(H,25,27)(H,26,28). The molecule has 0 spiro atoms. The lowest BCUT2D eigenvalue weighted by Crippen LogP contribution is -2.10. The van der Waals surface area contributed by atoms with Gasteiger partial charge >= 0.3 is 6.09 Å². The van der Waals surface area contributed by atoms with Crippen LogP contribution in [-0.4, -0.2) is 28.2 Å². The van der Waals surface area contributed by atoms with Crippen LogP contribution in [0.2, 0.25) is 0 Å². The molecule has 1 aliphatic carbocycles. The molecule has 2 N–H and O–H groups in total. The number of hydrogen-bond acceptors (Lipinski definition) is 4. The molecule has 2 heterocycles. The summed E-state index contributed by atoms with van der Waals surface area (Å²) in [6.07, 6.45) is 4.99. The molecule has 0 radical (unpaired) electrons. The Bertz CT molecular complexity index is 995. The van der Waals surface area contributed by atoms with Gasteiger partial charge in [-0.15, -0.1) is 0 Å². The summed E-state index contributed by atoms with van der Waals surface area (Å²) >= 11 is 3.47. The molecular formula is C22H23BrN4O2. The van der Waals surface area contributed by atoms with E-state index in [-0.39, 0.29) is 5.92 Å². The van der Waals surface area contributed by atoms with Gasteiger partial charge in [-0.1, -0.05) is 25.0 Å². The minimum atomic E-state index is -0.485. The van der Waals surface area contributed by atoms with Crippen LogP contribution in [0.4, 0.5) is 10.5 Å². The number of imidazole rings is 1. The first-order valence-electron chi connectivity index (χ1n) is 9.67. The van der Waals surface area contributed by atoms with Crippen molar-refractivity contribution < 1.29 is 9.53 Å². The second kappa shape index (κ2) is 8.37. The molecule has 7 heteroatoms. The van der Waals surface area contributed by atoms with Crippen LogP contribution in [0.3, 0.4) is 0 Å². The fourth-order valence-electron chi connectivity index (χ4n) is 3.46. The Labute approximate surface area is 178 Å². The van der Waals surface area contributed by atoms with E-state index in [9.17, 15) is 4.79 Å². The lowest BCUT2D eigenvalue weighted by Gasteiger charge is -2.14. The van der Waals surface area contributed by atoms with Gasteiger partial charge in [-0.3, -0.25) is 10.3 Å². The van der Waals surface area contributed by atoms with E-state index >= 15 is 0 Å². The third-order valence-corrected chi connectivity index (χ3v) is 5.67. The van der Waals surface area contributed by atoms with Crippen molar-refractivity contribution in [3.8, 4) is 11.3 Å². The Morgan fingerprint density at radius 3 is 2.66 bits per heavy atom. The summed E-state index contributed by atoms with van der Waals surface area (Å²) in [6.45, 7) is 2.04. The average molecular weight is 455 g/mol. The summed E-state index contributed by atoms with van der Waals surface area (Å²) in [4.78, 5) is 24.4. The number of aromatic amines is 1. The van der Waals surface area contributed by atoms with Crippen molar-refractivity contribution in [1.29, 1.82) is 0 Å². The number of aromatic nitrogens is 3. The lowest BCUT2D eigenvalue weighted by molar-refractivity contribution is 0.187. The smallest absolute Gasteiger partial charge is 0.411 e. The van der Waals surface area contributed by atoms with Crippen LogP contribution >= 0.6 is 15.9 Å². The number of H-pyrrole nitrogens is 1. The molecule has 1 amide bonds. The number of carbonyl (C=O) groups excluding carboxylic acids is 1. The third-order valence-electron chi connectivity index (χ3n) is 5.20. The molecule has 3 aromatic rings. The first-order chi connectivity index (χ1) is 14.0. The zero-order chi connectivity index (χ0) is 20.4. The molecule has 150 valence electrons. The number of pyridine rings is 1. The highest BCUT2D eigenvalue weighted by atomic mass is 79.9. The van der Waals surface area contributed by atoms with Crippen molar-refractivity contribution in [3.63, 3.8) is 0 Å². The van der Waals surface area contributed by atoms with E-state index in [0.29, 0.717) is 5.69 Å². The van der Waals surface area contributed by atoms with E-state index in [1.807, 2.05) is 43.5 Å². The zero-order valence-electron chi connectivity index (χ0n) is 16.4. The molecule has 2 aromatic heterocycles. The number of nitrogens with one attached hydrogen (secondary N) is 2. The van der Waals surface area contributed by atoms with Crippen LogP contribution in [-0.2, 0) is 4.74 Å². The SMILES string of the molecule is COC(=O)Nc1ccc(-c2nc(C(CC3CC3)c3ccc(Br)cn3)[nH]c2C)cc1. The quantitative estimate of drug-likeness (QED) is 0.503. The predicted molar refractivity (Wildman–Crippen MR) is 116 cm³/mol. The zero-order valence-corrected chi connectivity index (χ0v) is 18.0. The van der Waals surface area contributed by atoms with Gasteiger partial charge in [0, 0.05) is 27.6 Å². The predicted octanol–water partition coefficient (Wildman–Crippen LogP) is 5.65. The Kier molecular flexibility index (Phi) is 5.67. The highest BCUT2D eigenvalue weighted by Gasteiger charge is 2.30. The Morgan fingerprint density at radius 1 is 1.28 bits per heavy atom. The number of amides is 1. The molecule has 1 fully saturated rings. The van der Waals surface area contributed by atoms with Crippen LogP contribution in [0, 0.1) is 12.8 Å². The molecule has 1 saturated carbocycles. The van der Waals surface area contributed by atoms with Gasteiger partial charge in [0.05, 0.1) is 24.4 Å². The van der Waals surface area contributed by atoms with Crippen LogP contribution in [0.25, 0.3) is 11.3 Å². The highest BCUT2D eigenvalue weighted by molar-refractivity contribution is 9.10. The van der Waals surface area contributed by atoms with Gasteiger partial charge in [0.15, 0.2) is 0 Å². The van der Waals surface area contributed by atoms with Crippen molar-refractivity contribution in [2.75, 3.05) is 12.4 Å². The topological polar surface area (TPSA) is 79.9 Å². The van der Waals surface area contributed by atoms with Gasteiger partial charge in [0.2, 0.25) is 0 Å². The summed E-state index contributed by atoms with van der Waals surface area (Å²) < 4.78 is 5.60. The number of halogens is 1. The molecule has 1 atom stereocenters. The normalized spacial score (nSPS) is 14.4. The Balaban J connectivity index is 1.61. The average Bonchev–Trinajstić information content (AvgIpc) is 3.47. The first kappa shape index (κ1) is 19.6. The fourth-order valence-corrected chi connectivity index (χ4v) is 3.70. The van der Waals surface area contributed by atoms with Crippen molar-refractivity contribution in [2.24, 2.45) is 5.92 Å². The maximum atomic E-state index is 11.4. The largest absolute Gasteiger partial charge is 0.453 e. The molecule has 1 aromatic carbocycles. The summed E-state index contributed by atoms with van der Waals surface area (Å²) in [7, 11) is 1.34. The summed E-state index contributed by atoms with van der Waals surface area (Å²) in [6, 6.07) is 11.7. The number of hydrogen-bond donors (Lipinski definition) is 2. The van der Waals surface area contributed by atoms with E-state index < -0.39 is 6.09 Å². The molecule has 29 heavy (non-hydrogen) atoms. The van der Waals surface area contributed by atoms with Crippen LogP contribution in [0.1, 0.15) is 42.4 Å². The van der Waals surface area contributed by atoms with Crippen molar-refractivity contribution in [2.45, 2.75) is 32.1 Å². The van der Waals surface area contributed by atoms with Gasteiger partial charge in [-0.2, -0.15) is 0 Å². The molecule has 1 unspecified atom stereocenters. The van der Waals surface area contributed by atoms with Gasteiger partial charge in [0.25, 0.3) is 0 Å². The van der Waals surface area contributed by atoms with Crippen molar-refractivity contribution >= 4 is 27.7 Å². The van der Waals surface area contributed by atoms with E-state index in [2.05, 4.69) is 42.0 Å². The van der Waals surface area contributed by atoms with Crippen molar-refractivity contribution in [1.82, 2.24) is 15.0 Å². The Morgan fingerprint density at radius 2 is 2.03 bits per heavy atom. The first-order valence-corrected chi connectivity index (χ1v) is 10.5. The molecular weight excluding hydrogens is 432 g/mol. The van der Waals surface area contributed by atoms with Crippen LogP contribution in [0.5, 0.6) is 0 Å². The van der Waals surface area contributed by atoms with E-state index in [1.54, 1.807) is 0 Å². The van der Waals surface area contributed by atoms with E-state index in [4.69, 9.17) is 4.98 Å². The maximum Gasteiger partial charge on any atom is 0.411 e.